The molecule has 0 aliphatic carbocycles. The van der Waals surface area contributed by atoms with Crippen molar-refractivity contribution in [3.05, 3.63) is 59.9 Å². The van der Waals surface area contributed by atoms with Crippen LogP contribution in [-0.2, 0) is 16.6 Å². The Balaban J connectivity index is 2.36. The summed E-state index contributed by atoms with van der Waals surface area (Å²) in [6.45, 7) is -0.0798. The molecule has 1 aromatic carbocycles. The van der Waals surface area contributed by atoms with Crippen LogP contribution >= 0.6 is 0 Å². The third-order valence-electron chi connectivity index (χ3n) is 3.08. The summed E-state index contributed by atoms with van der Waals surface area (Å²) < 4.78 is 52.6. The summed E-state index contributed by atoms with van der Waals surface area (Å²) in [7, 11) is -4.06. The zero-order chi connectivity index (χ0) is 16.9. The van der Waals surface area contributed by atoms with E-state index >= 15 is 0 Å². The van der Waals surface area contributed by atoms with Crippen LogP contribution in [0, 0.1) is 23.0 Å². The lowest BCUT2D eigenvalue weighted by atomic mass is 10.3. The highest BCUT2D eigenvalue weighted by atomic mass is 32.2. The van der Waals surface area contributed by atoms with Gasteiger partial charge in [0.1, 0.15) is 0 Å². The van der Waals surface area contributed by atoms with Crippen molar-refractivity contribution in [2.75, 3.05) is 6.54 Å². The average molecular weight is 337 g/mol. The van der Waals surface area contributed by atoms with Gasteiger partial charge in [-0.25, -0.2) is 17.2 Å². The van der Waals surface area contributed by atoms with E-state index in [1.165, 1.54) is 6.20 Å². The minimum absolute atomic E-state index is 0.0170. The van der Waals surface area contributed by atoms with Gasteiger partial charge in [-0.3, -0.25) is 4.98 Å². The summed E-state index contributed by atoms with van der Waals surface area (Å²) in [5.74, 6) is -2.37. The van der Waals surface area contributed by atoms with E-state index in [1.54, 1.807) is 18.3 Å². The van der Waals surface area contributed by atoms with Crippen molar-refractivity contribution >= 4 is 10.0 Å². The van der Waals surface area contributed by atoms with Crippen LogP contribution in [0.25, 0.3) is 0 Å². The smallest absolute Gasteiger partial charge is 0.243 e. The second-order valence-electron chi connectivity index (χ2n) is 4.68. The van der Waals surface area contributed by atoms with Crippen LogP contribution in [0.2, 0.25) is 0 Å². The van der Waals surface area contributed by atoms with Gasteiger partial charge in [0.05, 0.1) is 11.0 Å². The van der Waals surface area contributed by atoms with Gasteiger partial charge in [0.15, 0.2) is 11.6 Å². The summed E-state index contributed by atoms with van der Waals surface area (Å²) in [5.41, 5.74) is 0.622. The maximum Gasteiger partial charge on any atom is 0.243 e. The number of hydrogen-bond acceptors (Lipinski definition) is 4. The van der Waals surface area contributed by atoms with E-state index in [9.17, 15) is 17.2 Å². The molecule has 2 aromatic rings. The third kappa shape index (κ3) is 4.09. The highest BCUT2D eigenvalue weighted by Gasteiger charge is 2.25. The van der Waals surface area contributed by atoms with Gasteiger partial charge in [-0.2, -0.15) is 9.57 Å². The molecule has 0 aliphatic heterocycles. The first-order valence-electron chi connectivity index (χ1n) is 6.66. The fourth-order valence-electron chi connectivity index (χ4n) is 1.94. The van der Waals surface area contributed by atoms with Crippen molar-refractivity contribution in [1.29, 1.82) is 5.26 Å². The molecule has 5 nitrogen and oxygen atoms in total. The largest absolute Gasteiger partial charge is 0.264 e. The Kier molecular flexibility index (Phi) is 5.36. The van der Waals surface area contributed by atoms with E-state index in [0.29, 0.717) is 11.6 Å². The van der Waals surface area contributed by atoms with Gasteiger partial charge in [0, 0.05) is 31.9 Å². The topological polar surface area (TPSA) is 74.1 Å². The zero-order valence-electron chi connectivity index (χ0n) is 12.0. The first kappa shape index (κ1) is 17.0. The summed E-state index contributed by atoms with van der Waals surface area (Å²) in [5, 5.41) is 8.70. The van der Waals surface area contributed by atoms with Crippen molar-refractivity contribution in [3.63, 3.8) is 0 Å². The van der Waals surface area contributed by atoms with Gasteiger partial charge in [0.2, 0.25) is 10.0 Å². The summed E-state index contributed by atoms with van der Waals surface area (Å²) >= 11 is 0. The first-order valence-corrected chi connectivity index (χ1v) is 8.10. The quantitative estimate of drug-likeness (QED) is 0.811. The van der Waals surface area contributed by atoms with Gasteiger partial charge in [-0.15, -0.1) is 0 Å². The van der Waals surface area contributed by atoms with Crippen LogP contribution in [0.5, 0.6) is 0 Å². The highest BCUT2D eigenvalue weighted by molar-refractivity contribution is 7.89. The molecule has 0 saturated carbocycles. The molecular formula is C15H13F2N3O2S. The van der Waals surface area contributed by atoms with E-state index in [4.69, 9.17) is 5.26 Å². The third-order valence-corrected chi connectivity index (χ3v) is 4.92. The number of nitrogens with zero attached hydrogens (tertiary/aromatic N) is 3. The van der Waals surface area contributed by atoms with E-state index in [-0.39, 0.29) is 24.4 Å². The number of rotatable bonds is 6. The van der Waals surface area contributed by atoms with E-state index < -0.39 is 21.7 Å². The molecule has 120 valence electrons. The Labute approximate surface area is 132 Å². The Morgan fingerprint density at radius 1 is 1.22 bits per heavy atom. The normalized spacial score (nSPS) is 11.4. The molecular weight excluding hydrogens is 324 g/mol. The Bertz CT molecular complexity index is 820. The number of halogens is 2. The van der Waals surface area contributed by atoms with Gasteiger partial charge in [0.25, 0.3) is 0 Å². The zero-order valence-corrected chi connectivity index (χ0v) is 12.8. The minimum atomic E-state index is -4.06. The Morgan fingerprint density at radius 2 is 2.00 bits per heavy atom. The van der Waals surface area contributed by atoms with Crippen LogP contribution < -0.4 is 0 Å². The van der Waals surface area contributed by atoms with Crippen LogP contribution in [-0.4, -0.2) is 24.3 Å². The van der Waals surface area contributed by atoms with Crippen molar-refractivity contribution < 1.29 is 17.2 Å². The highest BCUT2D eigenvalue weighted by Crippen LogP contribution is 2.20. The summed E-state index contributed by atoms with van der Waals surface area (Å²) in [6, 6.07) is 7.60. The van der Waals surface area contributed by atoms with E-state index in [0.717, 1.165) is 16.4 Å². The number of aromatic nitrogens is 1. The number of benzene rings is 1. The van der Waals surface area contributed by atoms with Gasteiger partial charge < -0.3 is 0 Å². The summed E-state index contributed by atoms with van der Waals surface area (Å²) in [6.07, 6.45) is 3.02. The minimum Gasteiger partial charge on any atom is -0.264 e. The van der Waals surface area contributed by atoms with Gasteiger partial charge >= 0.3 is 0 Å². The number of hydrogen-bond donors (Lipinski definition) is 0. The fraction of sp³-hybridized carbons (Fsp3) is 0.200. The molecule has 0 saturated heterocycles. The lowest BCUT2D eigenvalue weighted by molar-refractivity contribution is 0.412. The number of pyridine rings is 1. The molecule has 0 aliphatic rings. The second-order valence-corrected chi connectivity index (χ2v) is 6.62. The van der Waals surface area contributed by atoms with Crippen molar-refractivity contribution in [2.45, 2.75) is 17.9 Å². The van der Waals surface area contributed by atoms with Crippen LogP contribution in [0.3, 0.4) is 0 Å². The lowest BCUT2D eigenvalue weighted by Crippen LogP contribution is -2.31. The SMILES string of the molecule is N#CCCN(Cc1cccnc1)S(=O)(=O)c1ccc(F)c(F)c1. The fourth-order valence-corrected chi connectivity index (χ4v) is 3.38. The molecule has 0 bridgehead atoms. The number of nitriles is 1. The maximum atomic E-state index is 13.3. The van der Waals surface area contributed by atoms with Crippen molar-refractivity contribution in [3.8, 4) is 6.07 Å². The van der Waals surface area contributed by atoms with Crippen molar-refractivity contribution in [2.24, 2.45) is 0 Å². The monoisotopic (exact) mass is 337 g/mol. The maximum absolute atomic E-state index is 13.3. The predicted octanol–water partition coefficient (Wildman–Crippen LogP) is 2.46. The van der Waals surface area contributed by atoms with Gasteiger partial charge in [-0.1, -0.05) is 6.07 Å². The standard InChI is InChI=1S/C15H13F2N3O2S/c16-14-5-4-13(9-15(14)17)23(21,22)20(8-2-6-18)11-12-3-1-7-19-10-12/h1,3-5,7,9-10H,2,8,11H2. The van der Waals surface area contributed by atoms with E-state index in [2.05, 4.69) is 4.98 Å². The Hall–Kier alpha value is -2.37. The van der Waals surface area contributed by atoms with Crippen LogP contribution in [0.4, 0.5) is 8.78 Å². The van der Waals surface area contributed by atoms with Crippen molar-refractivity contribution in [1.82, 2.24) is 9.29 Å². The molecule has 8 heteroatoms. The molecule has 0 radical (unpaired) electrons. The molecule has 0 unspecified atom stereocenters. The van der Waals surface area contributed by atoms with E-state index in [1.807, 2.05) is 6.07 Å². The molecule has 1 aromatic heterocycles. The molecule has 0 fully saturated rings. The number of sulfonamides is 1. The average Bonchev–Trinajstić information content (AvgIpc) is 2.54. The lowest BCUT2D eigenvalue weighted by Gasteiger charge is -2.21. The Morgan fingerprint density at radius 3 is 2.61 bits per heavy atom. The second kappa shape index (κ2) is 7.26. The molecule has 0 spiro atoms. The first-order chi connectivity index (χ1) is 10.9. The summed E-state index contributed by atoms with van der Waals surface area (Å²) in [4.78, 5) is 3.54. The molecule has 0 atom stereocenters. The van der Waals surface area contributed by atoms with Gasteiger partial charge in [-0.05, 0) is 29.8 Å². The predicted molar refractivity (Wildman–Crippen MR) is 78.4 cm³/mol. The molecule has 23 heavy (non-hydrogen) atoms. The van der Waals surface area contributed by atoms with Crippen LogP contribution in [0.1, 0.15) is 12.0 Å². The molecule has 1 heterocycles. The molecule has 2 rings (SSSR count). The molecule has 0 amide bonds. The van der Waals surface area contributed by atoms with Crippen LogP contribution in [0.15, 0.2) is 47.6 Å². The molecule has 0 N–H and O–H groups in total.